The number of fused-ring (bicyclic) bond motifs is 5. The van der Waals surface area contributed by atoms with Crippen molar-refractivity contribution in [2.75, 3.05) is 13.2 Å². The summed E-state index contributed by atoms with van der Waals surface area (Å²) in [6.45, 7) is 6.72. The van der Waals surface area contributed by atoms with Crippen LogP contribution in [0, 0.1) is 34.5 Å². The number of aromatic nitrogens is 3. The zero-order chi connectivity index (χ0) is 22.3. The fraction of sp³-hybridized carbons (Fsp3) is 0.880. The Kier molecular flexibility index (Phi) is 6.08. The van der Waals surface area contributed by atoms with Crippen LogP contribution in [0.25, 0.3) is 0 Å². The van der Waals surface area contributed by atoms with Gasteiger partial charge < -0.3 is 15.7 Å². The summed E-state index contributed by atoms with van der Waals surface area (Å²) in [6.07, 6.45) is 13.4. The molecular formula is C25H41N5O2. The normalized spacial score (nSPS) is 42.4. The van der Waals surface area contributed by atoms with Gasteiger partial charge in [0, 0.05) is 12.6 Å². The minimum Gasteiger partial charge on any atom is -0.394 e. The van der Waals surface area contributed by atoms with E-state index in [1.54, 1.807) is 4.68 Å². The molecule has 7 atom stereocenters. The van der Waals surface area contributed by atoms with Crippen molar-refractivity contribution < 1.29 is 9.94 Å². The maximum Gasteiger partial charge on any atom is 0.136 e. The summed E-state index contributed by atoms with van der Waals surface area (Å²) in [5, 5.41) is 23.4. The third kappa shape index (κ3) is 3.79. The van der Waals surface area contributed by atoms with Crippen molar-refractivity contribution in [3.8, 4) is 0 Å². The molecule has 1 aromatic rings. The van der Waals surface area contributed by atoms with Crippen molar-refractivity contribution in [2.24, 2.45) is 45.4 Å². The molecule has 0 aromatic carbocycles. The van der Waals surface area contributed by atoms with Crippen molar-refractivity contribution in [2.45, 2.75) is 90.7 Å². The quantitative estimate of drug-likeness (QED) is 0.517. The van der Waals surface area contributed by atoms with Gasteiger partial charge in [-0.1, -0.05) is 24.2 Å². The lowest BCUT2D eigenvalue weighted by atomic mass is 9.45. The van der Waals surface area contributed by atoms with E-state index in [1.807, 2.05) is 6.20 Å². The van der Waals surface area contributed by atoms with Crippen molar-refractivity contribution in [1.82, 2.24) is 15.0 Å². The first-order chi connectivity index (χ1) is 15.4. The first-order valence-corrected chi connectivity index (χ1v) is 12.9. The summed E-state index contributed by atoms with van der Waals surface area (Å²) in [7, 11) is 0. The lowest BCUT2D eigenvalue weighted by Gasteiger charge is -2.60. The van der Waals surface area contributed by atoms with E-state index in [9.17, 15) is 5.11 Å². The molecule has 4 fully saturated rings. The Morgan fingerprint density at radius 1 is 1.16 bits per heavy atom. The highest BCUT2D eigenvalue weighted by Gasteiger charge is 2.59. The zero-order valence-electron chi connectivity index (χ0n) is 19.9. The Morgan fingerprint density at radius 3 is 2.84 bits per heavy atom. The molecule has 7 unspecified atom stereocenters. The standard InChI is InChI=1S/C25H41N5O2/c1-24-10-7-18(28-32-14-13-30-16-19(9-12-26)27-29-30)15-17(24)3-4-20-21-5-6-23(31)25(21,2)11-8-22(20)24/h16-17,20-23,31H,3-15,26H2,1-2H3. The van der Waals surface area contributed by atoms with Crippen LogP contribution < -0.4 is 5.73 Å². The molecule has 7 nitrogen and oxygen atoms in total. The predicted octanol–water partition coefficient (Wildman–Crippen LogP) is 3.56. The maximum absolute atomic E-state index is 10.7. The van der Waals surface area contributed by atoms with Crippen molar-refractivity contribution in [3.05, 3.63) is 11.9 Å². The van der Waals surface area contributed by atoms with Crippen LogP contribution in [-0.2, 0) is 17.8 Å². The van der Waals surface area contributed by atoms with Gasteiger partial charge in [0.05, 0.1) is 24.1 Å². The van der Waals surface area contributed by atoms with Gasteiger partial charge in [-0.2, -0.15) is 0 Å². The average molecular weight is 444 g/mol. The molecule has 32 heavy (non-hydrogen) atoms. The van der Waals surface area contributed by atoms with E-state index in [0.717, 1.165) is 55.0 Å². The fourth-order valence-corrected chi connectivity index (χ4v) is 8.10. The second-order valence-corrected chi connectivity index (χ2v) is 11.5. The SMILES string of the molecule is CC12CCC3C(CCC4CC(=NOCCn5cc(CCN)nn5)CCC43C)C1CCC2O. The van der Waals surface area contributed by atoms with Crippen molar-refractivity contribution in [3.63, 3.8) is 0 Å². The lowest BCUT2D eigenvalue weighted by Crippen LogP contribution is -2.54. The Bertz CT molecular complexity index is 840. The summed E-state index contributed by atoms with van der Waals surface area (Å²) in [5.41, 5.74) is 8.34. The van der Waals surface area contributed by atoms with E-state index < -0.39 is 0 Å². The minimum absolute atomic E-state index is 0.0778. The monoisotopic (exact) mass is 443 g/mol. The highest BCUT2D eigenvalue weighted by atomic mass is 16.6. The summed E-state index contributed by atoms with van der Waals surface area (Å²) < 4.78 is 1.81. The molecule has 7 heteroatoms. The molecule has 4 aliphatic carbocycles. The largest absolute Gasteiger partial charge is 0.394 e. The number of rotatable bonds is 6. The van der Waals surface area contributed by atoms with Crippen LogP contribution in [0.1, 0.15) is 77.3 Å². The number of oxime groups is 1. The molecule has 178 valence electrons. The van der Waals surface area contributed by atoms with Crippen LogP contribution in [0.2, 0.25) is 0 Å². The number of nitrogens with two attached hydrogens (primary N) is 1. The van der Waals surface area contributed by atoms with E-state index in [-0.39, 0.29) is 11.5 Å². The number of hydrogen-bond acceptors (Lipinski definition) is 6. The van der Waals surface area contributed by atoms with Crippen LogP contribution in [0.4, 0.5) is 0 Å². The third-order valence-corrected chi connectivity index (χ3v) is 10.0. The average Bonchev–Trinajstić information content (AvgIpc) is 3.35. The highest BCUT2D eigenvalue weighted by molar-refractivity contribution is 5.85. The number of nitrogens with zero attached hydrogens (tertiary/aromatic N) is 4. The van der Waals surface area contributed by atoms with Crippen LogP contribution in [0.15, 0.2) is 11.4 Å². The second kappa shape index (κ2) is 8.71. The maximum atomic E-state index is 10.7. The molecule has 0 bridgehead atoms. The summed E-state index contributed by atoms with van der Waals surface area (Å²) >= 11 is 0. The molecule has 0 amide bonds. The van der Waals surface area contributed by atoms with E-state index in [0.29, 0.717) is 25.1 Å². The molecule has 0 saturated heterocycles. The number of aliphatic hydroxyl groups excluding tert-OH is 1. The Labute approximate surface area is 192 Å². The number of aliphatic hydroxyl groups is 1. The Balaban J connectivity index is 1.17. The van der Waals surface area contributed by atoms with E-state index in [4.69, 9.17) is 10.6 Å². The second-order valence-electron chi connectivity index (χ2n) is 11.5. The lowest BCUT2D eigenvalue weighted by molar-refractivity contribution is -0.112. The molecule has 1 aromatic heterocycles. The molecule has 3 N–H and O–H groups in total. The molecule has 0 radical (unpaired) electrons. The van der Waals surface area contributed by atoms with Crippen molar-refractivity contribution in [1.29, 1.82) is 0 Å². The van der Waals surface area contributed by atoms with Crippen LogP contribution in [-0.4, -0.2) is 45.1 Å². The van der Waals surface area contributed by atoms with E-state index >= 15 is 0 Å². The minimum atomic E-state index is -0.0778. The van der Waals surface area contributed by atoms with Crippen molar-refractivity contribution >= 4 is 5.71 Å². The van der Waals surface area contributed by atoms with Gasteiger partial charge in [-0.05, 0) is 98.8 Å². The zero-order valence-corrected chi connectivity index (χ0v) is 19.9. The molecular weight excluding hydrogens is 402 g/mol. The van der Waals surface area contributed by atoms with Crippen LogP contribution in [0.5, 0.6) is 0 Å². The molecule has 1 heterocycles. The summed E-state index contributed by atoms with van der Waals surface area (Å²) in [5.74, 6) is 3.09. The smallest absolute Gasteiger partial charge is 0.136 e. The first kappa shape index (κ1) is 22.3. The van der Waals surface area contributed by atoms with Gasteiger partial charge >= 0.3 is 0 Å². The topological polar surface area (TPSA) is 98.6 Å². The molecule has 0 aliphatic heterocycles. The molecule has 0 spiro atoms. The van der Waals surface area contributed by atoms with Gasteiger partial charge in [-0.3, -0.25) is 0 Å². The Hall–Kier alpha value is -1.47. The van der Waals surface area contributed by atoms with E-state index in [1.165, 1.54) is 44.2 Å². The van der Waals surface area contributed by atoms with Gasteiger partial charge in [0.15, 0.2) is 0 Å². The van der Waals surface area contributed by atoms with Gasteiger partial charge in [0.25, 0.3) is 0 Å². The van der Waals surface area contributed by atoms with Crippen LogP contribution >= 0.6 is 0 Å². The van der Waals surface area contributed by atoms with Crippen LogP contribution in [0.3, 0.4) is 0 Å². The molecule has 4 aliphatic rings. The molecule has 5 rings (SSSR count). The predicted molar refractivity (Wildman–Crippen MR) is 124 cm³/mol. The number of hydrogen-bond donors (Lipinski definition) is 2. The van der Waals surface area contributed by atoms with E-state index in [2.05, 4.69) is 29.3 Å². The highest BCUT2D eigenvalue weighted by Crippen LogP contribution is 2.65. The first-order valence-electron chi connectivity index (χ1n) is 12.9. The van der Waals surface area contributed by atoms with Gasteiger partial charge in [0.2, 0.25) is 0 Å². The molecule has 4 saturated carbocycles. The third-order valence-electron chi connectivity index (χ3n) is 10.0. The van der Waals surface area contributed by atoms with Gasteiger partial charge in [-0.25, -0.2) is 4.68 Å². The summed E-state index contributed by atoms with van der Waals surface area (Å²) in [6, 6.07) is 0. The van der Waals surface area contributed by atoms with Gasteiger partial charge in [0.1, 0.15) is 6.61 Å². The summed E-state index contributed by atoms with van der Waals surface area (Å²) in [4.78, 5) is 5.69. The Morgan fingerprint density at radius 2 is 2.00 bits per heavy atom. The van der Waals surface area contributed by atoms with Gasteiger partial charge in [-0.15, -0.1) is 5.10 Å². The fourth-order valence-electron chi connectivity index (χ4n) is 8.10.